The van der Waals surface area contributed by atoms with Crippen LogP contribution in [0.5, 0.6) is 0 Å². The Morgan fingerprint density at radius 2 is 2.50 bits per heavy atom. The van der Waals surface area contributed by atoms with Gasteiger partial charge >= 0.3 is 0 Å². The lowest BCUT2D eigenvalue weighted by atomic mass is 10.1. The zero-order chi connectivity index (χ0) is 6.81. The van der Waals surface area contributed by atoms with Crippen molar-refractivity contribution in [2.75, 3.05) is 6.61 Å². The summed E-state index contributed by atoms with van der Waals surface area (Å²) in [4.78, 5) is 0. The van der Waals surface area contributed by atoms with Gasteiger partial charge in [-0.3, -0.25) is 0 Å². The highest BCUT2D eigenvalue weighted by Gasteiger charge is 2.19. The van der Waals surface area contributed by atoms with Gasteiger partial charge in [-0.05, 0) is 24.8 Å². The van der Waals surface area contributed by atoms with E-state index >= 15 is 0 Å². The molecule has 0 spiro atoms. The third-order valence-electron chi connectivity index (χ3n) is 2.14. The van der Waals surface area contributed by atoms with Crippen LogP contribution in [0.2, 0.25) is 0 Å². The van der Waals surface area contributed by atoms with Gasteiger partial charge in [0.05, 0.1) is 6.10 Å². The van der Waals surface area contributed by atoms with Gasteiger partial charge in [0.2, 0.25) is 0 Å². The second-order valence-electron chi connectivity index (χ2n) is 2.88. The van der Waals surface area contributed by atoms with Crippen LogP contribution in [0.4, 0.5) is 0 Å². The van der Waals surface area contributed by atoms with Gasteiger partial charge in [0.1, 0.15) is 0 Å². The van der Waals surface area contributed by atoms with E-state index in [0.717, 1.165) is 13.0 Å². The molecule has 1 heterocycles. The molecule has 0 radical (unpaired) electrons. The van der Waals surface area contributed by atoms with Gasteiger partial charge in [0.25, 0.3) is 0 Å². The highest BCUT2D eigenvalue weighted by molar-refractivity contribution is 5.26. The summed E-state index contributed by atoms with van der Waals surface area (Å²) in [5, 5.41) is 0. The van der Waals surface area contributed by atoms with Crippen LogP contribution in [0, 0.1) is 0 Å². The number of allylic oxidation sites excluding steroid dienone is 3. The van der Waals surface area contributed by atoms with Gasteiger partial charge in [0.15, 0.2) is 0 Å². The van der Waals surface area contributed by atoms with Crippen LogP contribution in [0.1, 0.15) is 19.3 Å². The minimum atomic E-state index is 0.454. The molecule has 2 rings (SSSR count). The lowest BCUT2D eigenvalue weighted by molar-refractivity contribution is 0.136. The fourth-order valence-electron chi connectivity index (χ4n) is 1.57. The lowest BCUT2D eigenvalue weighted by Gasteiger charge is -2.09. The fraction of sp³-hybridized carbons (Fsp3) is 0.556. The highest BCUT2D eigenvalue weighted by atomic mass is 16.5. The number of hydrogen-bond donors (Lipinski definition) is 0. The first-order valence-electron chi connectivity index (χ1n) is 3.94. The molecule has 54 valence electrons. The molecule has 0 aromatic carbocycles. The molecular formula is C9H12O. The summed E-state index contributed by atoms with van der Waals surface area (Å²) in [5.41, 5.74) is 1.47. The zero-order valence-electron chi connectivity index (χ0n) is 6.05. The molecule has 0 amide bonds. The van der Waals surface area contributed by atoms with Crippen LogP contribution < -0.4 is 0 Å². The maximum atomic E-state index is 5.53. The third kappa shape index (κ3) is 1.01. The molecule has 1 fully saturated rings. The van der Waals surface area contributed by atoms with Gasteiger partial charge in [-0.25, -0.2) is 0 Å². The van der Waals surface area contributed by atoms with Crippen LogP contribution in [0.15, 0.2) is 23.8 Å². The first-order valence-corrected chi connectivity index (χ1v) is 3.94. The minimum absolute atomic E-state index is 0.454. The Bertz CT molecular complexity index is 173. The first kappa shape index (κ1) is 6.17. The van der Waals surface area contributed by atoms with Crippen LogP contribution in [0.25, 0.3) is 0 Å². The van der Waals surface area contributed by atoms with Crippen LogP contribution in [0.3, 0.4) is 0 Å². The third-order valence-corrected chi connectivity index (χ3v) is 2.14. The van der Waals surface area contributed by atoms with E-state index in [0.29, 0.717) is 6.10 Å². The molecule has 1 saturated heterocycles. The first-order chi connectivity index (χ1) is 4.97. The van der Waals surface area contributed by atoms with Crippen molar-refractivity contribution < 1.29 is 4.74 Å². The Hall–Kier alpha value is -0.560. The van der Waals surface area contributed by atoms with Crippen LogP contribution in [-0.2, 0) is 4.74 Å². The Morgan fingerprint density at radius 1 is 1.50 bits per heavy atom. The maximum absolute atomic E-state index is 5.53. The second-order valence-corrected chi connectivity index (χ2v) is 2.88. The van der Waals surface area contributed by atoms with E-state index in [1.807, 2.05) is 0 Å². The van der Waals surface area contributed by atoms with Gasteiger partial charge < -0.3 is 4.74 Å². The van der Waals surface area contributed by atoms with Gasteiger partial charge in [-0.15, -0.1) is 0 Å². The Labute approximate surface area is 61.4 Å². The Balaban J connectivity index is 1.99. The molecule has 0 N–H and O–H groups in total. The van der Waals surface area contributed by atoms with Gasteiger partial charge in [-0.2, -0.15) is 0 Å². The zero-order valence-corrected chi connectivity index (χ0v) is 6.05. The van der Waals surface area contributed by atoms with E-state index < -0.39 is 0 Å². The topological polar surface area (TPSA) is 9.23 Å². The summed E-state index contributed by atoms with van der Waals surface area (Å²) in [6.45, 7) is 0.960. The standard InChI is InChI=1S/C9H12O/c1-2-5-8(4-1)9-6-3-7-10-9/h1-2,4,9H,3,5-7H2. The molecule has 10 heavy (non-hydrogen) atoms. The van der Waals surface area contributed by atoms with E-state index in [-0.39, 0.29) is 0 Å². The van der Waals surface area contributed by atoms with E-state index in [1.54, 1.807) is 0 Å². The molecule has 0 saturated carbocycles. The van der Waals surface area contributed by atoms with Crippen molar-refractivity contribution in [1.29, 1.82) is 0 Å². The predicted molar refractivity (Wildman–Crippen MR) is 40.8 cm³/mol. The van der Waals surface area contributed by atoms with Crippen molar-refractivity contribution in [2.24, 2.45) is 0 Å². The van der Waals surface area contributed by atoms with Crippen molar-refractivity contribution >= 4 is 0 Å². The van der Waals surface area contributed by atoms with Crippen LogP contribution >= 0.6 is 0 Å². The smallest absolute Gasteiger partial charge is 0.0791 e. The van der Waals surface area contributed by atoms with Crippen molar-refractivity contribution in [3.8, 4) is 0 Å². The summed E-state index contributed by atoms with van der Waals surface area (Å²) in [7, 11) is 0. The van der Waals surface area contributed by atoms with E-state index in [4.69, 9.17) is 4.74 Å². The molecule has 1 heteroatoms. The molecule has 0 aromatic rings. The number of ether oxygens (including phenoxy) is 1. The average Bonchev–Trinajstić information content (AvgIpc) is 2.59. The molecule has 0 aromatic heterocycles. The fourth-order valence-corrected chi connectivity index (χ4v) is 1.57. The largest absolute Gasteiger partial charge is 0.374 e. The van der Waals surface area contributed by atoms with Gasteiger partial charge in [0, 0.05) is 6.61 Å². The van der Waals surface area contributed by atoms with Crippen molar-refractivity contribution in [3.63, 3.8) is 0 Å². The highest BCUT2D eigenvalue weighted by Crippen LogP contribution is 2.24. The van der Waals surface area contributed by atoms with Crippen molar-refractivity contribution in [3.05, 3.63) is 23.8 Å². The molecule has 1 atom stereocenters. The molecule has 1 nitrogen and oxygen atoms in total. The minimum Gasteiger partial charge on any atom is -0.374 e. The SMILES string of the molecule is C1=CCC(C2CCCO2)=C1. The molecular weight excluding hydrogens is 124 g/mol. The van der Waals surface area contributed by atoms with Crippen LogP contribution in [-0.4, -0.2) is 12.7 Å². The summed E-state index contributed by atoms with van der Waals surface area (Å²) in [6, 6.07) is 0. The molecule has 1 aliphatic carbocycles. The molecule has 1 aliphatic heterocycles. The van der Waals surface area contributed by atoms with Crippen molar-refractivity contribution in [1.82, 2.24) is 0 Å². The quantitative estimate of drug-likeness (QED) is 0.536. The normalized spacial score (nSPS) is 31.2. The number of hydrogen-bond acceptors (Lipinski definition) is 1. The average molecular weight is 136 g/mol. The summed E-state index contributed by atoms with van der Waals surface area (Å²) >= 11 is 0. The summed E-state index contributed by atoms with van der Waals surface area (Å²) in [5.74, 6) is 0. The lowest BCUT2D eigenvalue weighted by Crippen LogP contribution is -2.06. The van der Waals surface area contributed by atoms with Crippen molar-refractivity contribution in [2.45, 2.75) is 25.4 Å². The number of rotatable bonds is 1. The summed E-state index contributed by atoms with van der Waals surface area (Å²) in [6.07, 6.45) is 10.5. The molecule has 1 unspecified atom stereocenters. The second kappa shape index (κ2) is 2.59. The monoisotopic (exact) mass is 136 g/mol. The van der Waals surface area contributed by atoms with E-state index in [9.17, 15) is 0 Å². The van der Waals surface area contributed by atoms with Gasteiger partial charge in [-0.1, -0.05) is 18.2 Å². The Morgan fingerprint density at radius 3 is 3.10 bits per heavy atom. The van der Waals surface area contributed by atoms with E-state index in [1.165, 1.54) is 18.4 Å². The molecule has 2 aliphatic rings. The Kier molecular flexibility index (Phi) is 1.60. The van der Waals surface area contributed by atoms with E-state index in [2.05, 4.69) is 18.2 Å². The summed E-state index contributed by atoms with van der Waals surface area (Å²) < 4.78 is 5.53. The predicted octanol–water partition coefficient (Wildman–Crippen LogP) is 2.05. The molecule has 0 bridgehead atoms. The maximum Gasteiger partial charge on any atom is 0.0791 e.